The van der Waals surface area contributed by atoms with Crippen molar-refractivity contribution in [1.82, 2.24) is 4.57 Å². The monoisotopic (exact) mass is 517 g/mol. The third kappa shape index (κ3) is 3.82. The second-order valence-corrected chi connectivity index (χ2v) is 11.8. The van der Waals surface area contributed by atoms with Crippen molar-refractivity contribution in [3.8, 4) is 16.9 Å². The van der Waals surface area contributed by atoms with Gasteiger partial charge in [0, 0.05) is 33.9 Å². The van der Waals surface area contributed by atoms with Gasteiger partial charge in [0.25, 0.3) is 0 Å². The summed E-state index contributed by atoms with van der Waals surface area (Å²) in [6.45, 7) is 14.7. The van der Waals surface area contributed by atoms with Gasteiger partial charge in [0.1, 0.15) is 6.54 Å². The first-order valence-corrected chi connectivity index (χ1v) is 13.8. The number of nitrogens with zero attached hydrogens (tertiary/aromatic N) is 2. The first-order valence-electron chi connectivity index (χ1n) is 13.5. The molecule has 0 N–H and O–H groups in total. The molecule has 4 aromatic carbocycles. The maximum atomic E-state index is 6.27. The van der Waals surface area contributed by atoms with Crippen molar-refractivity contribution < 1.29 is 4.57 Å². The Hall–Kier alpha value is -3.62. The smallest absolute Gasteiger partial charge is 0.217 e. The van der Waals surface area contributed by atoms with Crippen LogP contribution in [0.3, 0.4) is 0 Å². The number of pyridine rings is 1. The van der Waals surface area contributed by atoms with E-state index in [1.165, 1.54) is 54.8 Å². The van der Waals surface area contributed by atoms with E-state index in [9.17, 15) is 0 Å². The number of hydrogen-bond donors (Lipinski definition) is 0. The van der Waals surface area contributed by atoms with Crippen LogP contribution in [0.2, 0.25) is 5.02 Å². The van der Waals surface area contributed by atoms with Gasteiger partial charge in [-0.25, -0.2) is 0 Å². The summed E-state index contributed by atoms with van der Waals surface area (Å²) in [6.07, 6.45) is 2.32. The number of benzene rings is 4. The molecule has 6 rings (SSSR count). The standard InChI is InChI=1S/C35H34ClN2/c1-7-37-31-18-13-25(35(4,5)6)19-29(31)33-22(2)30-21-38(27-16-14-26(36)15-17-27)32(24-11-9-8-10-12-24)20-28(30)23(3)34(33)37/h8-21H,7H2,1-6H3/q+1. The second-order valence-electron chi connectivity index (χ2n) is 11.4. The van der Waals surface area contributed by atoms with Crippen molar-refractivity contribution in [3.05, 3.63) is 107 Å². The Bertz CT molecular complexity index is 1840. The normalized spacial score (nSPS) is 12.2. The predicted octanol–water partition coefficient (Wildman–Crippen LogP) is 9.48. The molecule has 2 nitrogen and oxygen atoms in total. The molecular formula is C35H34ClN2+. The molecule has 0 fully saturated rings. The largest absolute Gasteiger partial charge is 0.316 e. The molecule has 2 heterocycles. The van der Waals surface area contributed by atoms with Gasteiger partial charge in [-0.15, -0.1) is 0 Å². The van der Waals surface area contributed by atoms with Crippen LogP contribution >= 0.6 is 11.6 Å². The Morgan fingerprint density at radius 3 is 2.16 bits per heavy atom. The lowest BCUT2D eigenvalue weighted by molar-refractivity contribution is -0.640. The van der Waals surface area contributed by atoms with Crippen molar-refractivity contribution in [1.29, 1.82) is 0 Å². The number of hydrogen-bond acceptors (Lipinski definition) is 0. The van der Waals surface area contributed by atoms with Crippen LogP contribution in [0.25, 0.3) is 49.5 Å². The van der Waals surface area contributed by atoms with Crippen LogP contribution in [-0.4, -0.2) is 4.57 Å². The van der Waals surface area contributed by atoms with Gasteiger partial charge in [0.05, 0.1) is 16.5 Å². The first-order chi connectivity index (χ1) is 18.2. The lowest BCUT2D eigenvalue weighted by Gasteiger charge is -2.19. The average Bonchev–Trinajstić information content (AvgIpc) is 3.25. The topological polar surface area (TPSA) is 8.81 Å². The SMILES string of the molecule is CC[n+]1c2ccc(C(C)(C)C)cc2c2c(C)c3cn(-c4ccc(Cl)cc4)c(-c4ccccc4)cc3c(C)c21. The molecule has 3 heteroatoms. The van der Waals surface area contributed by atoms with E-state index in [2.05, 4.69) is 124 Å². The van der Waals surface area contributed by atoms with Gasteiger partial charge in [-0.05, 0) is 84.7 Å². The fourth-order valence-electron chi connectivity index (χ4n) is 5.99. The van der Waals surface area contributed by atoms with Gasteiger partial charge in [0.2, 0.25) is 11.0 Å². The molecule has 0 aliphatic carbocycles. The van der Waals surface area contributed by atoms with Crippen LogP contribution in [0.5, 0.6) is 0 Å². The highest BCUT2D eigenvalue weighted by atomic mass is 35.5. The van der Waals surface area contributed by atoms with E-state index >= 15 is 0 Å². The molecule has 0 unspecified atom stereocenters. The maximum absolute atomic E-state index is 6.27. The van der Waals surface area contributed by atoms with E-state index in [0.29, 0.717) is 0 Å². The van der Waals surface area contributed by atoms with Crippen LogP contribution in [0, 0.1) is 13.8 Å². The molecule has 0 spiro atoms. The number of rotatable bonds is 3. The van der Waals surface area contributed by atoms with Crippen LogP contribution < -0.4 is 4.57 Å². The first kappa shape index (κ1) is 24.7. The Balaban J connectivity index is 1.78. The summed E-state index contributed by atoms with van der Waals surface area (Å²) in [4.78, 5) is 0. The van der Waals surface area contributed by atoms with Crippen molar-refractivity contribution in [2.24, 2.45) is 0 Å². The van der Waals surface area contributed by atoms with Crippen LogP contribution in [0.15, 0.2) is 85.1 Å². The van der Waals surface area contributed by atoms with Crippen molar-refractivity contribution in [3.63, 3.8) is 0 Å². The third-order valence-electron chi connectivity index (χ3n) is 8.05. The van der Waals surface area contributed by atoms with Crippen molar-refractivity contribution >= 4 is 44.2 Å². The van der Waals surface area contributed by atoms with Gasteiger partial charge < -0.3 is 4.57 Å². The highest BCUT2D eigenvalue weighted by molar-refractivity contribution is 6.30. The Morgan fingerprint density at radius 2 is 1.50 bits per heavy atom. The fraction of sp³-hybridized carbons (Fsp3) is 0.229. The quantitative estimate of drug-likeness (QED) is 0.207. The summed E-state index contributed by atoms with van der Waals surface area (Å²) < 4.78 is 4.81. The Morgan fingerprint density at radius 1 is 0.789 bits per heavy atom. The van der Waals surface area contributed by atoms with E-state index in [-0.39, 0.29) is 5.41 Å². The number of fused-ring (bicyclic) bond motifs is 4. The van der Waals surface area contributed by atoms with Crippen LogP contribution in [0.1, 0.15) is 44.4 Å². The molecule has 6 aromatic rings. The molecule has 2 aromatic heterocycles. The molecular weight excluding hydrogens is 484 g/mol. The maximum Gasteiger partial charge on any atom is 0.217 e. The highest BCUT2D eigenvalue weighted by Crippen LogP contribution is 2.39. The zero-order valence-electron chi connectivity index (χ0n) is 23.1. The van der Waals surface area contributed by atoms with E-state index < -0.39 is 0 Å². The minimum absolute atomic E-state index is 0.0941. The zero-order valence-corrected chi connectivity index (χ0v) is 23.8. The van der Waals surface area contributed by atoms with Crippen LogP contribution in [-0.2, 0) is 12.0 Å². The summed E-state index contributed by atoms with van der Waals surface area (Å²) in [7, 11) is 0. The average molecular weight is 518 g/mol. The fourth-order valence-corrected chi connectivity index (χ4v) is 6.12. The lowest BCUT2D eigenvalue weighted by Crippen LogP contribution is -2.32. The van der Waals surface area contributed by atoms with Crippen molar-refractivity contribution in [2.75, 3.05) is 0 Å². The van der Waals surface area contributed by atoms with E-state index in [4.69, 9.17) is 11.6 Å². The summed E-state index contributed by atoms with van der Waals surface area (Å²) >= 11 is 6.27. The van der Waals surface area contributed by atoms with E-state index in [1.807, 2.05) is 12.1 Å². The Labute approximate surface area is 230 Å². The minimum Gasteiger partial charge on any atom is -0.316 e. The summed E-state index contributed by atoms with van der Waals surface area (Å²) in [5, 5.41) is 6.04. The predicted molar refractivity (Wildman–Crippen MR) is 163 cm³/mol. The summed E-state index contributed by atoms with van der Waals surface area (Å²) in [5.74, 6) is 0. The van der Waals surface area contributed by atoms with Gasteiger partial charge in [-0.2, -0.15) is 4.57 Å². The van der Waals surface area contributed by atoms with Gasteiger partial charge in [-0.3, -0.25) is 0 Å². The van der Waals surface area contributed by atoms with Gasteiger partial charge in [-0.1, -0.05) is 68.8 Å². The Kier molecular flexibility index (Phi) is 5.85. The molecule has 190 valence electrons. The number of halogens is 1. The van der Waals surface area contributed by atoms with Crippen LogP contribution in [0.4, 0.5) is 0 Å². The molecule has 0 bridgehead atoms. The molecule has 0 amide bonds. The molecule has 0 aliphatic heterocycles. The van der Waals surface area contributed by atoms with Crippen molar-refractivity contribution in [2.45, 2.75) is 53.5 Å². The van der Waals surface area contributed by atoms with Gasteiger partial charge >= 0.3 is 0 Å². The molecule has 0 saturated carbocycles. The third-order valence-corrected chi connectivity index (χ3v) is 8.30. The van der Waals surface area contributed by atoms with E-state index in [0.717, 1.165) is 22.9 Å². The van der Waals surface area contributed by atoms with E-state index in [1.54, 1.807) is 0 Å². The second kappa shape index (κ2) is 8.99. The summed E-state index contributed by atoms with van der Waals surface area (Å²) in [6, 6.07) is 28.2. The molecule has 0 radical (unpaired) electrons. The number of aryl methyl sites for hydroxylation is 3. The molecule has 0 atom stereocenters. The molecule has 38 heavy (non-hydrogen) atoms. The molecule has 0 saturated heterocycles. The molecule has 0 aliphatic rings. The lowest BCUT2D eigenvalue weighted by atomic mass is 9.86. The highest BCUT2D eigenvalue weighted by Gasteiger charge is 2.27. The van der Waals surface area contributed by atoms with Gasteiger partial charge in [0.15, 0.2) is 0 Å². The number of aromatic nitrogens is 2. The zero-order chi connectivity index (χ0) is 26.8. The minimum atomic E-state index is 0.0941. The summed E-state index contributed by atoms with van der Waals surface area (Å²) in [5.41, 5.74) is 10.2.